The first-order chi connectivity index (χ1) is 15.1. The number of nitrogens with zero attached hydrogens (tertiary/aromatic N) is 4. The number of benzene rings is 1. The van der Waals surface area contributed by atoms with Crippen LogP contribution in [0.1, 0.15) is 33.1 Å². The second-order valence-electron chi connectivity index (χ2n) is 7.66. The van der Waals surface area contributed by atoms with Crippen molar-refractivity contribution >= 4 is 51.9 Å². The maximum absolute atomic E-state index is 6.29. The number of anilines is 1. The van der Waals surface area contributed by atoms with E-state index in [4.69, 9.17) is 32.9 Å². The predicted molar refractivity (Wildman–Crippen MR) is 129 cm³/mol. The lowest BCUT2D eigenvalue weighted by Gasteiger charge is -2.38. The highest BCUT2D eigenvalue weighted by Gasteiger charge is 2.38. The zero-order valence-corrected chi connectivity index (χ0v) is 20.1. The summed E-state index contributed by atoms with van der Waals surface area (Å²) in [6.07, 6.45) is 5.25. The van der Waals surface area contributed by atoms with Crippen molar-refractivity contribution in [1.29, 1.82) is 0 Å². The van der Waals surface area contributed by atoms with Crippen LogP contribution in [-0.4, -0.2) is 41.3 Å². The molecule has 2 fully saturated rings. The summed E-state index contributed by atoms with van der Waals surface area (Å²) in [4.78, 5) is 17.2. The summed E-state index contributed by atoms with van der Waals surface area (Å²) >= 11 is 13.8. The molecule has 164 valence electrons. The van der Waals surface area contributed by atoms with Crippen molar-refractivity contribution in [2.24, 2.45) is 5.41 Å². The van der Waals surface area contributed by atoms with Crippen LogP contribution in [0.2, 0.25) is 10.0 Å². The smallest absolute Gasteiger partial charge is 0.180 e. The minimum atomic E-state index is 0.390. The van der Waals surface area contributed by atoms with E-state index < -0.39 is 0 Å². The lowest BCUT2D eigenvalue weighted by atomic mass is 9.78. The van der Waals surface area contributed by atoms with Crippen LogP contribution < -0.4 is 4.90 Å². The molecule has 2 aromatic heterocycles. The van der Waals surface area contributed by atoms with E-state index in [1.54, 1.807) is 12.3 Å². The average molecular weight is 477 g/mol. The van der Waals surface area contributed by atoms with E-state index >= 15 is 0 Å². The molecule has 3 aromatic rings. The number of halogens is 2. The largest absolute Gasteiger partial charge is 0.381 e. The van der Waals surface area contributed by atoms with Crippen molar-refractivity contribution in [2.45, 2.75) is 43.0 Å². The molecule has 0 atom stereocenters. The molecule has 2 saturated heterocycles. The van der Waals surface area contributed by atoms with E-state index in [2.05, 4.69) is 14.9 Å². The standard InChI is InChI=1S/C21H20Cl2N4OS.C2H6/c22-14-2-1-3-16(19(14)23)29-18-12-24-20-15(25-18)4-5-17(26-20)27-9-6-21(7-10-27)8-11-28-13-21;1-2/h1-5,12H,6-11,13H2;1-2H3. The average Bonchev–Trinajstić information content (AvgIpc) is 3.26. The molecular formula is C23H26Cl2N4OS. The van der Waals surface area contributed by atoms with Gasteiger partial charge in [0.25, 0.3) is 0 Å². The molecular weight excluding hydrogens is 451 g/mol. The first-order valence-corrected chi connectivity index (χ1v) is 12.3. The first kappa shape index (κ1) is 22.6. The van der Waals surface area contributed by atoms with Crippen LogP contribution in [-0.2, 0) is 4.74 Å². The summed E-state index contributed by atoms with van der Waals surface area (Å²) in [7, 11) is 0. The Morgan fingerprint density at radius 2 is 1.84 bits per heavy atom. The molecule has 0 N–H and O–H groups in total. The van der Waals surface area contributed by atoms with Gasteiger partial charge in [0.15, 0.2) is 5.65 Å². The van der Waals surface area contributed by atoms with Gasteiger partial charge in [-0.05, 0) is 48.9 Å². The number of ether oxygens (including phenoxy) is 1. The second-order valence-corrected chi connectivity index (χ2v) is 9.51. The minimum absolute atomic E-state index is 0.390. The molecule has 4 heterocycles. The number of piperidine rings is 1. The van der Waals surface area contributed by atoms with Crippen molar-refractivity contribution < 1.29 is 4.74 Å². The van der Waals surface area contributed by atoms with Gasteiger partial charge in [-0.15, -0.1) is 0 Å². The van der Waals surface area contributed by atoms with Gasteiger partial charge in [-0.25, -0.2) is 15.0 Å². The van der Waals surface area contributed by atoms with Crippen molar-refractivity contribution in [3.8, 4) is 0 Å². The van der Waals surface area contributed by atoms with E-state index in [-0.39, 0.29) is 0 Å². The zero-order chi connectivity index (χ0) is 21.8. The molecule has 0 radical (unpaired) electrons. The maximum atomic E-state index is 6.29. The van der Waals surface area contributed by atoms with E-state index in [0.717, 1.165) is 60.4 Å². The Morgan fingerprint density at radius 3 is 2.58 bits per heavy atom. The molecule has 8 heteroatoms. The highest BCUT2D eigenvalue weighted by molar-refractivity contribution is 7.99. The van der Waals surface area contributed by atoms with Crippen LogP contribution in [0.3, 0.4) is 0 Å². The molecule has 1 spiro atoms. The fourth-order valence-corrected chi connectivity index (χ4v) is 5.33. The Morgan fingerprint density at radius 1 is 1.03 bits per heavy atom. The molecule has 2 aliphatic heterocycles. The molecule has 2 aliphatic rings. The summed E-state index contributed by atoms with van der Waals surface area (Å²) in [6, 6.07) is 9.61. The third-order valence-corrected chi connectivity index (χ3v) is 7.73. The molecule has 0 aliphatic carbocycles. The Labute approximate surface area is 197 Å². The van der Waals surface area contributed by atoms with Crippen molar-refractivity contribution in [1.82, 2.24) is 15.0 Å². The molecule has 0 saturated carbocycles. The van der Waals surface area contributed by atoms with Crippen molar-refractivity contribution in [3.63, 3.8) is 0 Å². The molecule has 0 amide bonds. The van der Waals surface area contributed by atoms with E-state index in [1.807, 2.05) is 38.1 Å². The number of pyridine rings is 1. The van der Waals surface area contributed by atoms with Crippen LogP contribution in [0, 0.1) is 5.41 Å². The first-order valence-electron chi connectivity index (χ1n) is 10.7. The van der Waals surface area contributed by atoms with E-state index in [9.17, 15) is 0 Å². The summed E-state index contributed by atoms with van der Waals surface area (Å²) < 4.78 is 5.63. The van der Waals surface area contributed by atoms with E-state index in [0.29, 0.717) is 21.1 Å². The van der Waals surface area contributed by atoms with Gasteiger partial charge in [-0.3, -0.25) is 0 Å². The van der Waals surface area contributed by atoms with Gasteiger partial charge in [0, 0.05) is 24.6 Å². The molecule has 31 heavy (non-hydrogen) atoms. The van der Waals surface area contributed by atoms with Crippen molar-refractivity contribution in [3.05, 3.63) is 46.6 Å². The number of hydrogen-bond acceptors (Lipinski definition) is 6. The molecule has 1 aromatic carbocycles. The van der Waals surface area contributed by atoms with Crippen LogP contribution in [0.5, 0.6) is 0 Å². The summed E-state index contributed by atoms with van der Waals surface area (Å²) in [5.41, 5.74) is 1.82. The van der Waals surface area contributed by atoms with Crippen LogP contribution in [0.15, 0.2) is 46.5 Å². The molecule has 5 rings (SSSR count). The van der Waals surface area contributed by atoms with Gasteiger partial charge in [-0.2, -0.15) is 0 Å². The maximum Gasteiger partial charge on any atom is 0.180 e. The van der Waals surface area contributed by atoms with Gasteiger partial charge < -0.3 is 9.64 Å². The van der Waals surface area contributed by atoms with Crippen LogP contribution >= 0.6 is 35.0 Å². The SMILES string of the molecule is CC.Clc1cccc(Sc2cnc3nc(N4CCC5(CCOC5)CC4)ccc3n2)c1Cl. The Hall–Kier alpha value is -1.60. The zero-order valence-electron chi connectivity index (χ0n) is 17.8. The van der Waals surface area contributed by atoms with Crippen LogP contribution in [0.25, 0.3) is 11.2 Å². The van der Waals surface area contributed by atoms with Crippen molar-refractivity contribution in [2.75, 3.05) is 31.2 Å². The highest BCUT2D eigenvalue weighted by atomic mass is 35.5. The third-order valence-electron chi connectivity index (χ3n) is 5.83. The Kier molecular flexibility index (Phi) is 7.22. The fourth-order valence-electron chi connectivity index (χ4n) is 4.03. The van der Waals surface area contributed by atoms with E-state index in [1.165, 1.54) is 18.2 Å². The number of rotatable bonds is 3. The lowest BCUT2D eigenvalue weighted by Crippen LogP contribution is -2.40. The third kappa shape index (κ3) is 4.92. The fraction of sp³-hybridized carbons (Fsp3) is 0.435. The minimum Gasteiger partial charge on any atom is -0.381 e. The quantitative estimate of drug-likeness (QED) is 0.428. The number of fused-ring (bicyclic) bond motifs is 1. The summed E-state index contributed by atoms with van der Waals surface area (Å²) in [6.45, 7) is 7.84. The highest BCUT2D eigenvalue weighted by Crippen LogP contribution is 2.40. The summed E-state index contributed by atoms with van der Waals surface area (Å²) in [5, 5.41) is 1.83. The molecule has 0 bridgehead atoms. The molecule has 5 nitrogen and oxygen atoms in total. The van der Waals surface area contributed by atoms with Gasteiger partial charge in [0.05, 0.1) is 22.8 Å². The monoisotopic (exact) mass is 476 g/mol. The predicted octanol–water partition coefficient (Wildman–Crippen LogP) is 6.52. The second kappa shape index (κ2) is 9.90. The van der Waals surface area contributed by atoms with Gasteiger partial charge in [0.1, 0.15) is 16.4 Å². The van der Waals surface area contributed by atoms with Gasteiger partial charge in [0.2, 0.25) is 0 Å². The molecule has 0 unspecified atom stereocenters. The summed E-state index contributed by atoms with van der Waals surface area (Å²) in [5.74, 6) is 0.971. The Balaban J connectivity index is 0.00000112. The van der Waals surface area contributed by atoms with Crippen LogP contribution in [0.4, 0.5) is 5.82 Å². The lowest BCUT2D eigenvalue weighted by molar-refractivity contribution is 0.133. The van der Waals surface area contributed by atoms with Gasteiger partial charge >= 0.3 is 0 Å². The topological polar surface area (TPSA) is 51.1 Å². The Bertz CT molecular complexity index is 1050. The number of hydrogen-bond donors (Lipinski definition) is 0. The number of aromatic nitrogens is 3. The van der Waals surface area contributed by atoms with Gasteiger partial charge in [-0.1, -0.05) is 54.9 Å². The normalized spacial score (nSPS) is 17.6.